The second kappa shape index (κ2) is 6.02. The van der Waals surface area contributed by atoms with E-state index in [1.807, 2.05) is 6.92 Å². The number of hydrogen-bond donors (Lipinski definition) is 0. The van der Waals surface area contributed by atoms with E-state index in [0.29, 0.717) is 11.4 Å². The lowest BCUT2D eigenvalue weighted by molar-refractivity contribution is 0.386. The van der Waals surface area contributed by atoms with Gasteiger partial charge in [-0.05, 0) is 24.6 Å². The van der Waals surface area contributed by atoms with Crippen LogP contribution in [0, 0.1) is 5.82 Å². The van der Waals surface area contributed by atoms with Crippen LogP contribution in [0.1, 0.15) is 31.0 Å². The highest BCUT2D eigenvalue weighted by atomic mass is 35.5. The summed E-state index contributed by atoms with van der Waals surface area (Å²) in [7, 11) is 1.41. The Morgan fingerprint density at radius 3 is 2.89 bits per heavy atom. The number of benzene rings is 1. The molecule has 0 aliphatic heterocycles. The molecule has 1 unspecified atom stereocenters. The quantitative estimate of drug-likeness (QED) is 0.780. The van der Waals surface area contributed by atoms with E-state index in [2.05, 4.69) is 10.1 Å². The summed E-state index contributed by atoms with van der Waals surface area (Å²) in [6, 6.07) is 4.46. The van der Waals surface area contributed by atoms with Gasteiger partial charge in [-0.15, -0.1) is 11.6 Å². The first-order valence-electron chi connectivity index (χ1n) is 5.97. The molecule has 0 saturated carbocycles. The summed E-state index contributed by atoms with van der Waals surface area (Å²) < 4.78 is 23.5. The van der Waals surface area contributed by atoms with E-state index in [9.17, 15) is 4.39 Å². The van der Waals surface area contributed by atoms with Gasteiger partial charge < -0.3 is 9.26 Å². The molecular weight excluding hydrogens is 271 g/mol. The minimum Gasteiger partial charge on any atom is -0.494 e. The van der Waals surface area contributed by atoms with Crippen molar-refractivity contribution >= 4 is 11.6 Å². The summed E-state index contributed by atoms with van der Waals surface area (Å²) in [5.74, 6) is 0.369. The standard InChI is InChI=1S/C13H14ClFN2O2/c1-3-4-9(14)12-16-13(19-17-12)8-5-6-11(18-2)10(15)7-8/h5-7,9H,3-4H2,1-2H3. The van der Waals surface area contributed by atoms with E-state index in [-0.39, 0.29) is 17.0 Å². The molecular formula is C13H14ClFN2O2. The predicted molar refractivity (Wildman–Crippen MR) is 69.7 cm³/mol. The maximum atomic E-state index is 13.6. The molecule has 0 aliphatic rings. The number of rotatable bonds is 5. The van der Waals surface area contributed by atoms with Gasteiger partial charge in [0.2, 0.25) is 0 Å². The van der Waals surface area contributed by atoms with Gasteiger partial charge in [-0.1, -0.05) is 18.5 Å². The van der Waals surface area contributed by atoms with Crippen molar-refractivity contribution in [3.05, 3.63) is 29.8 Å². The third-order valence-electron chi connectivity index (χ3n) is 2.66. The number of alkyl halides is 1. The average molecular weight is 285 g/mol. The summed E-state index contributed by atoms with van der Waals surface area (Å²) in [5, 5.41) is 3.53. The maximum Gasteiger partial charge on any atom is 0.258 e. The van der Waals surface area contributed by atoms with Crippen LogP contribution >= 0.6 is 11.6 Å². The number of methoxy groups -OCH3 is 1. The molecule has 1 aromatic carbocycles. The van der Waals surface area contributed by atoms with E-state index in [4.69, 9.17) is 20.9 Å². The van der Waals surface area contributed by atoms with Gasteiger partial charge in [0.15, 0.2) is 17.4 Å². The molecule has 0 radical (unpaired) electrons. The van der Waals surface area contributed by atoms with Crippen LogP contribution in [0.2, 0.25) is 0 Å². The van der Waals surface area contributed by atoms with Gasteiger partial charge in [-0.25, -0.2) is 4.39 Å². The lowest BCUT2D eigenvalue weighted by Gasteiger charge is -2.02. The zero-order chi connectivity index (χ0) is 13.8. The summed E-state index contributed by atoms with van der Waals surface area (Å²) in [4.78, 5) is 4.18. The maximum absolute atomic E-state index is 13.6. The number of hydrogen-bond acceptors (Lipinski definition) is 4. The fourth-order valence-corrected chi connectivity index (χ4v) is 1.97. The van der Waals surface area contributed by atoms with Gasteiger partial charge in [-0.2, -0.15) is 4.98 Å². The van der Waals surface area contributed by atoms with Crippen LogP contribution in [-0.2, 0) is 0 Å². The minimum atomic E-state index is -0.476. The van der Waals surface area contributed by atoms with E-state index < -0.39 is 5.82 Å². The van der Waals surface area contributed by atoms with E-state index in [1.54, 1.807) is 6.07 Å². The van der Waals surface area contributed by atoms with Crippen LogP contribution in [0.25, 0.3) is 11.5 Å². The van der Waals surface area contributed by atoms with Gasteiger partial charge in [0.25, 0.3) is 5.89 Å². The SMILES string of the molecule is CCCC(Cl)c1noc(-c2ccc(OC)c(F)c2)n1. The van der Waals surface area contributed by atoms with E-state index >= 15 is 0 Å². The first-order chi connectivity index (χ1) is 9.15. The van der Waals surface area contributed by atoms with Gasteiger partial charge in [0.05, 0.1) is 12.5 Å². The van der Waals surface area contributed by atoms with Gasteiger partial charge in [0.1, 0.15) is 0 Å². The molecule has 1 aromatic heterocycles. The van der Waals surface area contributed by atoms with Crippen molar-refractivity contribution in [1.29, 1.82) is 0 Å². The molecule has 0 amide bonds. The zero-order valence-corrected chi connectivity index (χ0v) is 11.4. The minimum absolute atomic E-state index is 0.171. The Kier molecular flexibility index (Phi) is 4.37. The highest BCUT2D eigenvalue weighted by molar-refractivity contribution is 6.20. The topological polar surface area (TPSA) is 48.2 Å². The first kappa shape index (κ1) is 13.8. The summed E-state index contributed by atoms with van der Waals surface area (Å²) in [6.45, 7) is 2.02. The van der Waals surface area contributed by atoms with Crippen LogP contribution in [-0.4, -0.2) is 17.3 Å². The highest BCUT2D eigenvalue weighted by Gasteiger charge is 2.16. The zero-order valence-electron chi connectivity index (χ0n) is 10.7. The Balaban J connectivity index is 2.25. The number of halogens is 2. The number of nitrogens with zero attached hydrogens (tertiary/aromatic N) is 2. The molecule has 0 bridgehead atoms. The number of ether oxygens (including phenoxy) is 1. The Bertz CT molecular complexity index is 559. The molecule has 1 atom stereocenters. The normalized spacial score (nSPS) is 12.4. The van der Waals surface area contributed by atoms with Crippen molar-refractivity contribution in [1.82, 2.24) is 10.1 Å². The Labute approximate surface area is 115 Å². The van der Waals surface area contributed by atoms with Crippen molar-refractivity contribution in [2.45, 2.75) is 25.1 Å². The number of aromatic nitrogens is 2. The highest BCUT2D eigenvalue weighted by Crippen LogP contribution is 2.28. The van der Waals surface area contributed by atoms with E-state index in [0.717, 1.165) is 12.8 Å². The third-order valence-corrected chi connectivity index (χ3v) is 3.08. The molecule has 2 rings (SSSR count). The average Bonchev–Trinajstić information content (AvgIpc) is 2.88. The van der Waals surface area contributed by atoms with Crippen molar-refractivity contribution < 1.29 is 13.7 Å². The Hall–Kier alpha value is -1.62. The van der Waals surface area contributed by atoms with Crippen LogP contribution in [0.3, 0.4) is 0 Å². The van der Waals surface area contributed by atoms with Crippen LogP contribution in [0.5, 0.6) is 5.75 Å². The van der Waals surface area contributed by atoms with Crippen LogP contribution in [0.4, 0.5) is 4.39 Å². The van der Waals surface area contributed by atoms with Crippen molar-refractivity contribution in [2.24, 2.45) is 0 Å². The lowest BCUT2D eigenvalue weighted by Crippen LogP contribution is -1.93. The van der Waals surface area contributed by atoms with Gasteiger partial charge in [-0.3, -0.25) is 0 Å². The molecule has 0 spiro atoms. The molecule has 4 nitrogen and oxygen atoms in total. The molecule has 6 heteroatoms. The van der Waals surface area contributed by atoms with Crippen LogP contribution < -0.4 is 4.74 Å². The molecule has 0 fully saturated rings. The molecule has 1 heterocycles. The van der Waals surface area contributed by atoms with E-state index in [1.165, 1.54) is 19.2 Å². The Morgan fingerprint density at radius 2 is 2.26 bits per heavy atom. The second-order valence-corrected chi connectivity index (χ2v) is 4.59. The molecule has 2 aromatic rings. The van der Waals surface area contributed by atoms with Crippen molar-refractivity contribution in [2.75, 3.05) is 7.11 Å². The summed E-state index contributed by atoms with van der Waals surface area (Å²) in [5.41, 5.74) is 0.498. The van der Waals surface area contributed by atoms with Crippen molar-refractivity contribution in [3.63, 3.8) is 0 Å². The molecule has 0 N–H and O–H groups in total. The molecule has 19 heavy (non-hydrogen) atoms. The molecule has 0 aliphatic carbocycles. The second-order valence-electron chi connectivity index (χ2n) is 4.06. The third kappa shape index (κ3) is 3.04. The van der Waals surface area contributed by atoms with Crippen molar-refractivity contribution in [3.8, 4) is 17.2 Å². The first-order valence-corrected chi connectivity index (χ1v) is 6.41. The monoisotopic (exact) mass is 284 g/mol. The lowest BCUT2D eigenvalue weighted by atomic mass is 10.2. The van der Waals surface area contributed by atoms with Crippen LogP contribution in [0.15, 0.2) is 22.7 Å². The predicted octanol–water partition coefficient (Wildman–Crippen LogP) is 3.96. The summed E-state index contributed by atoms with van der Waals surface area (Å²) in [6.07, 6.45) is 1.69. The fourth-order valence-electron chi connectivity index (χ4n) is 1.66. The largest absolute Gasteiger partial charge is 0.494 e. The Morgan fingerprint density at radius 1 is 1.47 bits per heavy atom. The summed E-state index contributed by atoms with van der Waals surface area (Å²) >= 11 is 6.11. The van der Waals surface area contributed by atoms with Gasteiger partial charge in [0, 0.05) is 5.56 Å². The smallest absolute Gasteiger partial charge is 0.258 e. The molecule has 0 saturated heterocycles. The fraction of sp³-hybridized carbons (Fsp3) is 0.385. The van der Waals surface area contributed by atoms with Gasteiger partial charge >= 0.3 is 0 Å². The molecule has 102 valence electrons.